The lowest BCUT2D eigenvalue weighted by atomic mass is 10.1. The number of hydrogen-bond acceptors (Lipinski definition) is 4. The highest BCUT2D eigenvalue weighted by Gasteiger charge is 2.16. The van der Waals surface area contributed by atoms with Crippen LogP contribution in [0.3, 0.4) is 0 Å². The van der Waals surface area contributed by atoms with Crippen LogP contribution in [0.2, 0.25) is 0 Å². The van der Waals surface area contributed by atoms with Crippen LogP contribution in [0.15, 0.2) is 30.5 Å². The fourth-order valence-corrected chi connectivity index (χ4v) is 1.38. The van der Waals surface area contributed by atoms with Crippen LogP contribution in [0, 0.1) is 0 Å². The Labute approximate surface area is 117 Å². The van der Waals surface area contributed by atoms with Crippen molar-refractivity contribution in [3.05, 3.63) is 36.0 Å². The standard InChI is InChI=1S/C14H18N2O4/c1-9(12(17)18)7-10-5-6-15-11(8-10)16-13(19)20-14(2,3)4/h5-6,8H,1,7H2,2-4H3,(H,17,18)(H,15,16,19). The molecule has 20 heavy (non-hydrogen) atoms. The Morgan fingerprint density at radius 2 is 2.10 bits per heavy atom. The summed E-state index contributed by atoms with van der Waals surface area (Å²) in [6.07, 6.45) is 1.05. The first-order valence-electron chi connectivity index (χ1n) is 6.03. The van der Waals surface area contributed by atoms with E-state index in [1.165, 1.54) is 6.20 Å². The van der Waals surface area contributed by atoms with E-state index in [0.29, 0.717) is 11.4 Å². The fourth-order valence-electron chi connectivity index (χ4n) is 1.38. The number of rotatable bonds is 4. The second-order valence-electron chi connectivity index (χ2n) is 5.26. The number of nitrogens with zero attached hydrogens (tertiary/aromatic N) is 1. The summed E-state index contributed by atoms with van der Waals surface area (Å²) in [6.45, 7) is 8.73. The van der Waals surface area contributed by atoms with Crippen molar-refractivity contribution in [1.29, 1.82) is 0 Å². The van der Waals surface area contributed by atoms with Crippen LogP contribution in [0.1, 0.15) is 26.3 Å². The number of anilines is 1. The van der Waals surface area contributed by atoms with Gasteiger partial charge in [-0.05, 0) is 38.5 Å². The van der Waals surface area contributed by atoms with Gasteiger partial charge in [0.1, 0.15) is 11.4 Å². The normalized spacial score (nSPS) is 10.8. The fraction of sp³-hybridized carbons (Fsp3) is 0.357. The summed E-state index contributed by atoms with van der Waals surface area (Å²) in [6, 6.07) is 3.24. The molecule has 108 valence electrons. The Kier molecular flexibility index (Phi) is 4.85. The van der Waals surface area contributed by atoms with Gasteiger partial charge in [0.25, 0.3) is 0 Å². The molecule has 6 nitrogen and oxygen atoms in total. The van der Waals surface area contributed by atoms with Gasteiger partial charge in [-0.2, -0.15) is 0 Å². The number of aromatic nitrogens is 1. The van der Waals surface area contributed by atoms with Gasteiger partial charge in [-0.3, -0.25) is 5.32 Å². The van der Waals surface area contributed by atoms with Gasteiger partial charge in [0.05, 0.1) is 0 Å². The maximum atomic E-state index is 11.6. The van der Waals surface area contributed by atoms with Crippen molar-refractivity contribution in [3.8, 4) is 0 Å². The van der Waals surface area contributed by atoms with Crippen molar-refractivity contribution in [3.63, 3.8) is 0 Å². The van der Waals surface area contributed by atoms with Crippen molar-refractivity contribution < 1.29 is 19.4 Å². The Morgan fingerprint density at radius 3 is 2.65 bits per heavy atom. The Hall–Kier alpha value is -2.37. The number of carboxylic acid groups (broad SMARTS) is 1. The molecule has 2 N–H and O–H groups in total. The Balaban J connectivity index is 2.71. The lowest BCUT2D eigenvalue weighted by Gasteiger charge is -2.19. The summed E-state index contributed by atoms with van der Waals surface area (Å²) in [4.78, 5) is 26.3. The number of hydrogen-bond donors (Lipinski definition) is 2. The topological polar surface area (TPSA) is 88.5 Å². The zero-order valence-electron chi connectivity index (χ0n) is 11.8. The molecule has 0 saturated carbocycles. The predicted molar refractivity (Wildman–Crippen MR) is 74.6 cm³/mol. The average Bonchev–Trinajstić information content (AvgIpc) is 2.26. The molecular weight excluding hydrogens is 260 g/mol. The molecule has 0 atom stereocenters. The molecule has 1 amide bonds. The maximum Gasteiger partial charge on any atom is 0.413 e. The van der Waals surface area contributed by atoms with Crippen LogP contribution in [0.25, 0.3) is 0 Å². The minimum absolute atomic E-state index is 0.0689. The van der Waals surface area contributed by atoms with Gasteiger partial charge < -0.3 is 9.84 Å². The first-order chi connectivity index (χ1) is 9.17. The molecule has 0 spiro atoms. The zero-order chi connectivity index (χ0) is 15.3. The van der Waals surface area contributed by atoms with Crippen LogP contribution in [0.5, 0.6) is 0 Å². The second kappa shape index (κ2) is 6.18. The third kappa shape index (κ3) is 5.51. The Morgan fingerprint density at radius 1 is 1.45 bits per heavy atom. The molecule has 6 heteroatoms. The number of amides is 1. The Bertz CT molecular complexity index is 532. The molecule has 0 fully saturated rings. The second-order valence-corrected chi connectivity index (χ2v) is 5.26. The van der Waals surface area contributed by atoms with Gasteiger partial charge in [0.15, 0.2) is 0 Å². The molecule has 1 rings (SSSR count). The van der Waals surface area contributed by atoms with Gasteiger partial charge in [-0.25, -0.2) is 14.6 Å². The van der Waals surface area contributed by atoms with Crippen LogP contribution >= 0.6 is 0 Å². The molecule has 1 aromatic heterocycles. The van der Waals surface area contributed by atoms with E-state index in [0.717, 1.165) is 0 Å². The summed E-state index contributed by atoms with van der Waals surface area (Å²) >= 11 is 0. The highest BCUT2D eigenvalue weighted by atomic mass is 16.6. The molecule has 0 aromatic carbocycles. The van der Waals surface area contributed by atoms with E-state index < -0.39 is 17.7 Å². The first-order valence-corrected chi connectivity index (χ1v) is 6.03. The predicted octanol–water partition coefficient (Wildman–Crippen LogP) is 2.61. The van der Waals surface area contributed by atoms with E-state index in [2.05, 4.69) is 16.9 Å². The lowest BCUT2D eigenvalue weighted by Crippen LogP contribution is -2.27. The number of carbonyl (C=O) groups is 2. The molecule has 1 heterocycles. The highest BCUT2D eigenvalue weighted by Crippen LogP contribution is 2.13. The minimum atomic E-state index is -1.05. The zero-order valence-corrected chi connectivity index (χ0v) is 11.8. The monoisotopic (exact) mass is 278 g/mol. The van der Waals surface area contributed by atoms with Gasteiger partial charge in [-0.15, -0.1) is 0 Å². The number of aliphatic carboxylic acids is 1. The molecule has 0 aliphatic heterocycles. The molecule has 0 radical (unpaired) electrons. The van der Waals surface area contributed by atoms with Crippen molar-refractivity contribution in [2.24, 2.45) is 0 Å². The summed E-state index contributed by atoms with van der Waals surface area (Å²) in [5.74, 6) is -0.751. The molecule has 0 aliphatic carbocycles. The molecule has 0 saturated heterocycles. The number of carboxylic acids is 1. The summed E-state index contributed by atoms with van der Waals surface area (Å²) in [5.41, 5.74) is 0.164. The van der Waals surface area contributed by atoms with Crippen LogP contribution in [0.4, 0.5) is 10.6 Å². The number of nitrogens with one attached hydrogen (secondary N) is 1. The number of ether oxygens (including phenoxy) is 1. The lowest BCUT2D eigenvalue weighted by molar-refractivity contribution is -0.132. The van der Waals surface area contributed by atoms with Crippen molar-refractivity contribution in [2.45, 2.75) is 32.8 Å². The quantitative estimate of drug-likeness (QED) is 0.826. The smallest absolute Gasteiger partial charge is 0.413 e. The van der Waals surface area contributed by atoms with E-state index >= 15 is 0 Å². The van der Waals surface area contributed by atoms with Crippen LogP contribution in [-0.4, -0.2) is 27.8 Å². The maximum absolute atomic E-state index is 11.6. The molecule has 0 unspecified atom stereocenters. The van der Waals surface area contributed by atoms with Gasteiger partial charge >= 0.3 is 12.1 Å². The van der Waals surface area contributed by atoms with E-state index in [9.17, 15) is 9.59 Å². The molecule has 0 bridgehead atoms. The third-order valence-corrected chi connectivity index (χ3v) is 2.17. The summed E-state index contributed by atoms with van der Waals surface area (Å²) in [7, 11) is 0. The largest absolute Gasteiger partial charge is 0.478 e. The minimum Gasteiger partial charge on any atom is -0.478 e. The van der Waals surface area contributed by atoms with Crippen LogP contribution in [-0.2, 0) is 16.0 Å². The van der Waals surface area contributed by atoms with E-state index in [4.69, 9.17) is 9.84 Å². The van der Waals surface area contributed by atoms with Gasteiger partial charge in [-0.1, -0.05) is 6.58 Å². The molecule has 0 aliphatic rings. The molecular formula is C14H18N2O4. The van der Waals surface area contributed by atoms with Crippen molar-refractivity contribution in [2.75, 3.05) is 5.32 Å². The first kappa shape index (κ1) is 15.7. The van der Waals surface area contributed by atoms with Gasteiger partial charge in [0, 0.05) is 18.2 Å². The SMILES string of the molecule is C=C(Cc1ccnc(NC(=O)OC(C)(C)C)c1)C(=O)O. The summed E-state index contributed by atoms with van der Waals surface area (Å²) in [5, 5.41) is 11.3. The highest BCUT2D eigenvalue weighted by molar-refractivity contribution is 5.86. The average molecular weight is 278 g/mol. The molecule has 1 aromatic rings. The number of pyridine rings is 1. The van der Waals surface area contributed by atoms with E-state index in [1.807, 2.05) is 0 Å². The number of carbonyl (C=O) groups excluding carboxylic acids is 1. The van der Waals surface area contributed by atoms with Crippen LogP contribution < -0.4 is 5.32 Å². The third-order valence-electron chi connectivity index (χ3n) is 2.17. The van der Waals surface area contributed by atoms with E-state index in [1.54, 1.807) is 32.9 Å². The van der Waals surface area contributed by atoms with Gasteiger partial charge in [0.2, 0.25) is 0 Å². The van der Waals surface area contributed by atoms with Crippen molar-refractivity contribution in [1.82, 2.24) is 4.98 Å². The van der Waals surface area contributed by atoms with E-state index in [-0.39, 0.29) is 12.0 Å². The van der Waals surface area contributed by atoms with Crippen molar-refractivity contribution >= 4 is 17.9 Å². The summed E-state index contributed by atoms with van der Waals surface area (Å²) < 4.78 is 5.10.